The monoisotopic (exact) mass is 334 g/mol. The van der Waals surface area contributed by atoms with Crippen molar-refractivity contribution in [2.24, 2.45) is 11.8 Å². The predicted molar refractivity (Wildman–Crippen MR) is 81.5 cm³/mol. The minimum Gasteiger partial charge on any atom is -0.396 e. The molecule has 136 valence electrons. The van der Waals surface area contributed by atoms with Crippen LogP contribution in [-0.2, 0) is 9.47 Å². The van der Waals surface area contributed by atoms with Crippen LogP contribution in [0.25, 0.3) is 0 Å². The molecule has 0 amide bonds. The molecular formula is C16H30O7. The maximum Gasteiger partial charge on any atom is 0.187 e. The summed E-state index contributed by atoms with van der Waals surface area (Å²) in [6, 6.07) is 0. The molecule has 0 radical (unpaired) electrons. The third kappa shape index (κ3) is 4.22. The smallest absolute Gasteiger partial charge is 0.187 e. The Bertz CT molecular complexity index is 365. The number of aliphatic hydroxyl groups excluding tert-OH is 5. The van der Waals surface area contributed by atoms with Gasteiger partial charge in [-0.05, 0) is 51.4 Å². The molecule has 1 saturated heterocycles. The topological polar surface area (TPSA) is 120 Å². The number of rotatable bonds is 5. The average Bonchev–Trinajstić information content (AvgIpc) is 2.55. The first-order chi connectivity index (χ1) is 10.8. The highest BCUT2D eigenvalue weighted by Gasteiger charge is 2.47. The van der Waals surface area contributed by atoms with Gasteiger partial charge in [0.15, 0.2) is 6.29 Å². The molecule has 0 aromatic carbocycles. The van der Waals surface area contributed by atoms with E-state index in [0.717, 1.165) is 25.7 Å². The summed E-state index contributed by atoms with van der Waals surface area (Å²) in [4.78, 5) is 0. The van der Waals surface area contributed by atoms with Crippen LogP contribution < -0.4 is 0 Å². The van der Waals surface area contributed by atoms with Crippen LogP contribution in [0, 0.1) is 11.8 Å². The largest absolute Gasteiger partial charge is 0.396 e. The Kier molecular flexibility index (Phi) is 6.41. The molecule has 5 unspecified atom stereocenters. The highest BCUT2D eigenvalue weighted by atomic mass is 16.7. The molecule has 7 nitrogen and oxygen atoms in total. The van der Waals surface area contributed by atoms with Crippen molar-refractivity contribution in [3.05, 3.63) is 0 Å². The minimum absolute atomic E-state index is 0.209. The van der Waals surface area contributed by atoms with Crippen LogP contribution in [0.3, 0.4) is 0 Å². The molecule has 23 heavy (non-hydrogen) atoms. The molecule has 1 aliphatic heterocycles. The van der Waals surface area contributed by atoms with Gasteiger partial charge in [0.2, 0.25) is 0 Å². The SMILES string of the molecule is CC(C)(OC1OC(CO)C(O)C(O)C1O)C1CCC(CO)CC1. The first-order valence-corrected chi connectivity index (χ1v) is 8.39. The summed E-state index contributed by atoms with van der Waals surface area (Å²) in [6.45, 7) is 3.57. The van der Waals surface area contributed by atoms with Crippen molar-refractivity contribution >= 4 is 0 Å². The number of ether oxygens (including phenoxy) is 2. The average molecular weight is 334 g/mol. The zero-order chi connectivity index (χ0) is 17.2. The molecule has 5 N–H and O–H groups in total. The van der Waals surface area contributed by atoms with Crippen molar-refractivity contribution in [2.45, 2.75) is 75.8 Å². The quantitative estimate of drug-likeness (QED) is 0.454. The second kappa shape index (κ2) is 7.74. The Labute approximate surface area is 136 Å². The van der Waals surface area contributed by atoms with Gasteiger partial charge < -0.3 is 35.0 Å². The van der Waals surface area contributed by atoms with Crippen LogP contribution in [0.5, 0.6) is 0 Å². The Morgan fingerprint density at radius 2 is 1.52 bits per heavy atom. The van der Waals surface area contributed by atoms with E-state index >= 15 is 0 Å². The molecule has 0 aromatic rings. The first kappa shape index (κ1) is 19.1. The van der Waals surface area contributed by atoms with Gasteiger partial charge in [0.25, 0.3) is 0 Å². The lowest BCUT2D eigenvalue weighted by molar-refractivity contribution is -0.329. The van der Waals surface area contributed by atoms with Gasteiger partial charge in [-0.3, -0.25) is 0 Å². The Balaban J connectivity index is 1.98. The van der Waals surface area contributed by atoms with Crippen molar-refractivity contribution in [1.29, 1.82) is 0 Å². The molecule has 2 fully saturated rings. The molecule has 5 atom stereocenters. The summed E-state index contributed by atoms with van der Waals surface area (Å²) in [5.41, 5.74) is -0.589. The van der Waals surface area contributed by atoms with Crippen molar-refractivity contribution in [3.8, 4) is 0 Å². The Morgan fingerprint density at radius 1 is 0.913 bits per heavy atom. The summed E-state index contributed by atoms with van der Waals surface area (Å²) >= 11 is 0. The third-order valence-corrected chi connectivity index (χ3v) is 5.36. The molecule has 1 aliphatic carbocycles. The van der Waals surface area contributed by atoms with E-state index in [2.05, 4.69) is 0 Å². The van der Waals surface area contributed by atoms with Crippen LogP contribution in [0.1, 0.15) is 39.5 Å². The summed E-state index contributed by atoms with van der Waals surface area (Å²) in [6.07, 6.45) is -2.54. The lowest BCUT2D eigenvalue weighted by atomic mass is 9.75. The van der Waals surface area contributed by atoms with Gasteiger partial charge in [0.05, 0.1) is 12.2 Å². The number of hydrogen-bond acceptors (Lipinski definition) is 7. The van der Waals surface area contributed by atoms with E-state index in [1.165, 1.54) is 0 Å². The van der Waals surface area contributed by atoms with Gasteiger partial charge in [-0.15, -0.1) is 0 Å². The summed E-state index contributed by atoms with van der Waals surface area (Å²) in [5.74, 6) is 0.590. The van der Waals surface area contributed by atoms with Gasteiger partial charge in [-0.25, -0.2) is 0 Å². The van der Waals surface area contributed by atoms with Crippen LogP contribution in [0.4, 0.5) is 0 Å². The van der Waals surface area contributed by atoms with Gasteiger partial charge in [0, 0.05) is 6.61 Å². The third-order valence-electron chi connectivity index (χ3n) is 5.36. The lowest BCUT2D eigenvalue weighted by Crippen LogP contribution is -2.60. The maximum atomic E-state index is 10.1. The predicted octanol–water partition coefficient (Wildman–Crippen LogP) is -0.620. The van der Waals surface area contributed by atoms with E-state index in [-0.39, 0.29) is 12.5 Å². The van der Waals surface area contributed by atoms with Gasteiger partial charge in [0.1, 0.15) is 24.4 Å². The Hall–Kier alpha value is -0.280. The highest BCUT2D eigenvalue weighted by molar-refractivity contribution is 4.91. The molecule has 1 heterocycles. The van der Waals surface area contributed by atoms with Crippen molar-refractivity contribution in [1.82, 2.24) is 0 Å². The molecule has 2 aliphatic rings. The number of hydrogen-bond donors (Lipinski definition) is 5. The number of aliphatic hydroxyl groups is 5. The molecular weight excluding hydrogens is 304 g/mol. The molecule has 0 aromatic heterocycles. The molecule has 0 spiro atoms. The minimum atomic E-state index is -1.42. The van der Waals surface area contributed by atoms with Crippen LogP contribution >= 0.6 is 0 Å². The van der Waals surface area contributed by atoms with Gasteiger partial charge >= 0.3 is 0 Å². The fourth-order valence-electron chi connectivity index (χ4n) is 3.60. The van der Waals surface area contributed by atoms with E-state index in [1.807, 2.05) is 13.8 Å². The highest BCUT2D eigenvalue weighted by Crippen LogP contribution is 2.39. The maximum absolute atomic E-state index is 10.1. The van der Waals surface area contributed by atoms with Crippen LogP contribution in [0.2, 0.25) is 0 Å². The van der Waals surface area contributed by atoms with Crippen molar-refractivity contribution in [3.63, 3.8) is 0 Å². The van der Waals surface area contributed by atoms with Crippen LogP contribution in [-0.4, -0.2) is 75.1 Å². The zero-order valence-corrected chi connectivity index (χ0v) is 13.8. The van der Waals surface area contributed by atoms with Crippen molar-refractivity contribution < 1.29 is 35.0 Å². The molecule has 2 rings (SSSR count). The second-order valence-electron chi connectivity index (χ2n) is 7.32. The first-order valence-electron chi connectivity index (χ1n) is 8.39. The second-order valence-corrected chi connectivity index (χ2v) is 7.32. The van der Waals surface area contributed by atoms with E-state index in [9.17, 15) is 25.5 Å². The summed E-state index contributed by atoms with van der Waals surface area (Å²) in [7, 11) is 0. The zero-order valence-electron chi connectivity index (χ0n) is 13.8. The van der Waals surface area contributed by atoms with Gasteiger partial charge in [-0.1, -0.05) is 0 Å². The standard InChI is InChI=1S/C16H30O7/c1-16(2,10-5-3-9(7-17)4-6-10)23-15-14(21)13(20)12(19)11(8-18)22-15/h9-15,17-21H,3-8H2,1-2H3. The van der Waals surface area contributed by atoms with E-state index in [4.69, 9.17) is 9.47 Å². The normalized spacial score (nSPS) is 42.7. The summed E-state index contributed by atoms with van der Waals surface area (Å²) < 4.78 is 11.4. The van der Waals surface area contributed by atoms with E-state index in [1.54, 1.807) is 0 Å². The van der Waals surface area contributed by atoms with Crippen molar-refractivity contribution in [2.75, 3.05) is 13.2 Å². The fourth-order valence-corrected chi connectivity index (χ4v) is 3.60. The fraction of sp³-hybridized carbons (Fsp3) is 1.00. The molecule has 7 heteroatoms. The molecule has 1 saturated carbocycles. The van der Waals surface area contributed by atoms with Gasteiger partial charge in [-0.2, -0.15) is 0 Å². The Morgan fingerprint density at radius 3 is 2.04 bits per heavy atom. The summed E-state index contributed by atoms with van der Waals surface area (Å²) in [5, 5.41) is 48.2. The lowest BCUT2D eigenvalue weighted by Gasteiger charge is -2.45. The van der Waals surface area contributed by atoms with Crippen LogP contribution in [0.15, 0.2) is 0 Å². The van der Waals surface area contributed by atoms with E-state index in [0.29, 0.717) is 5.92 Å². The van der Waals surface area contributed by atoms with E-state index < -0.39 is 42.9 Å². The molecule has 0 bridgehead atoms.